The van der Waals surface area contributed by atoms with Crippen LogP contribution in [-0.4, -0.2) is 34.0 Å². The van der Waals surface area contributed by atoms with Gasteiger partial charge in [0.25, 0.3) is 0 Å². The van der Waals surface area contributed by atoms with Gasteiger partial charge in [-0.05, 0) is 25.7 Å². The molecule has 0 spiro atoms. The zero-order valence-electron chi connectivity index (χ0n) is 10.9. The first-order chi connectivity index (χ1) is 8.70. The molecule has 2 rings (SSSR count). The van der Waals surface area contributed by atoms with E-state index in [0.717, 1.165) is 51.4 Å². The normalized spacial score (nSPS) is 22.7. The molecule has 2 saturated carbocycles. The van der Waals surface area contributed by atoms with Gasteiger partial charge < -0.3 is 10.0 Å². The van der Waals surface area contributed by atoms with E-state index in [9.17, 15) is 9.59 Å². The molecule has 0 heterocycles. The van der Waals surface area contributed by atoms with Crippen molar-refractivity contribution in [1.82, 2.24) is 4.90 Å². The Morgan fingerprint density at radius 2 is 1.17 bits per heavy atom. The van der Waals surface area contributed by atoms with Gasteiger partial charge in [-0.3, -0.25) is 4.79 Å². The van der Waals surface area contributed by atoms with E-state index < -0.39 is 11.9 Å². The van der Waals surface area contributed by atoms with Crippen molar-refractivity contribution in [1.29, 1.82) is 0 Å². The number of amides is 1. The lowest BCUT2D eigenvalue weighted by Crippen LogP contribution is -2.51. The Hall–Kier alpha value is -1.06. The van der Waals surface area contributed by atoms with Crippen molar-refractivity contribution >= 4 is 11.9 Å². The zero-order chi connectivity index (χ0) is 13.0. The first-order valence-electron chi connectivity index (χ1n) is 7.25. The maximum atomic E-state index is 12.0. The molecule has 0 unspecified atom stereocenters. The fourth-order valence-electron chi connectivity index (χ4n) is 3.46. The number of hydrogen-bond acceptors (Lipinski definition) is 2. The van der Waals surface area contributed by atoms with Crippen molar-refractivity contribution in [3.05, 3.63) is 0 Å². The van der Waals surface area contributed by atoms with Gasteiger partial charge in [0.2, 0.25) is 0 Å². The van der Waals surface area contributed by atoms with Crippen LogP contribution in [-0.2, 0) is 9.59 Å². The summed E-state index contributed by atoms with van der Waals surface area (Å²) in [6.07, 6.45) is 10.9. The van der Waals surface area contributed by atoms with Crippen LogP contribution >= 0.6 is 0 Å². The monoisotopic (exact) mass is 253 g/mol. The van der Waals surface area contributed by atoms with Crippen LogP contribution in [0.1, 0.15) is 64.2 Å². The number of rotatable bonds is 2. The molecule has 4 nitrogen and oxygen atoms in total. The van der Waals surface area contributed by atoms with E-state index in [1.54, 1.807) is 4.90 Å². The molecule has 0 aromatic heterocycles. The Morgan fingerprint density at radius 1 is 0.778 bits per heavy atom. The third-order valence-corrected chi connectivity index (χ3v) is 4.35. The highest BCUT2D eigenvalue weighted by atomic mass is 16.4. The molecule has 0 atom stereocenters. The Balaban J connectivity index is 2.10. The maximum Gasteiger partial charge on any atom is 0.394 e. The number of carboxylic acid groups (broad SMARTS) is 1. The minimum atomic E-state index is -1.29. The highest BCUT2D eigenvalue weighted by molar-refractivity contribution is 6.31. The van der Waals surface area contributed by atoms with Gasteiger partial charge >= 0.3 is 11.9 Å². The predicted molar refractivity (Wildman–Crippen MR) is 68.2 cm³/mol. The summed E-state index contributed by atoms with van der Waals surface area (Å²) in [5, 5.41) is 9.02. The molecule has 0 aromatic rings. The standard InChI is InChI=1S/C14H23NO3/c16-13(14(17)18)15(11-7-3-1-4-8-11)12-9-5-2-6-10-12/h11-12H,1-10H2,(H,17,18). The number of carbonyl (C=O) groups is 2. The summed E-state index contributed by atoms with van der Waals surface area (Å²) in [4.78, 5) is 24.7. The largest absolute Gasteiger partial charge is 0.474 e. The third-order valence-electron chi connectivity index (χ3n) is 4.35. The quantitative estimate of drug-likeness (QED) is 0.769. The smallest absolute Gasteiger partial charge is 0.394 e. The number of aliphatic carboxylic acids is 1. The second kappa shape index (κ2) is 6.21. The lowest BCUT2D eigenvalue weighted by atomic mass is 9.88. The number of hydrogen-bond donors (Lipinski definition) is 1. The lowest BCUT2D eigenvalue weighted by molar-refractivity contribution is -0.159. The van der Waals surface area contributed by atoms with Crippen molar-refractivity contribution in [2.75, 3.05) is 0 Å². The van der Waals surface area contributed by atoms with Gasteiger partial charge in [0.1, 0.15) is 0 Å². The second-order valence-corrected chi connectivity index (χ2v) is 5.60. The predicted octanol–water partition coefficient (Wildman–Crippen LogP) is 2.57. The van der Waals surface area contributed by atoms with Gasteiger partial charge in [0.15, 0.2) is 0 Å². The van der Waals surface area contributed by atoms with Crippen LogP contribution in [0, 0.1) is 0 Å². The molecule has 0 aromatic carbocycles. The molecule has 0 bridgehead atoms. The molecule has 1 amide bonds. The molecule has 0 aliphatic heterocycles. The SMILES string of the molecule is O=C(O)C(=O)N(C1CCCCC1)C1CCCCC1. The van der Waals surface area contributed by atoms with Crippen LogP contribution in [0.4, 0.5) is 0 Å². The van der Waals surface area contributed by atoms with Crippen molar-refractivity contribution in [2.45, 2.75) is 76.3 Å². The first-order valence-corrected chi connectivity index (χ1v) is 7.25. The van der Waals surface area contributed by atoms with E-state index in [2.05, 4.69) is 0 Å². The molecule has 2 fully saturated rings. The van der Waals surface area contributed by atoms with Crippen molar-refractivity contribution in [3.8, 4) is 0 Å². The summed E-state index contributed by atoms with van der Waals surface area (Å²) in [7, 11) is 0. The topological polar surface area (TPSA) is 57.6 Å². The Kier molecular flexibility index (Phi) is 4.61. The van der Waals surface area contributed by atoms with Crippen LogP contribution in [0.25, 0.3) is 0 Å². The van der Waals surface area contributed by atoms with Crippen LogP contribution in [0.5, 0.6) is 0 Å². The van der Waals surface area contributed by atoms with Crippen LogP contribution in [0.15, 0.2) is 0 Å². The summed E-state index contributed by atoms with van der Waals surface area (Å²) in [6, 6.07) is 0.343. The third kappa shape index (κ3) is 3.03. The molecular weight excluding hydrogens is 230 g/mol. The van der Waals surface area contributed by atoms with Gasteiger partial charge in [-0.1, -0.05) is 38.5 Å². The Bertz CT molecular complexity index is 286. The summed E-state index contributed by atoms with van der Waals surface area (Å²) in [6.45, 7) is 0. The summed E-state index contributed by atoms with van der Waals surface area (Å²) in [5.74, 6) is -1.96. The summed E-state index contributed by atoms with van der Waals surface area (Å²) < 4.78 is 0. The molecule has 2 aliphatic rings. The molecule has 0 radical (unpaired) electrons. The van der Waals surface area contributed by atoms with Gasteiger partial charge in [-0.15, -0.1) is 0 Å². The molecule has 2 aliphatic carbocycles. The van der Waals surface area contributed by atoms with Crippen LogP contribution in [0.3, 0.4) is 0 Å². The minimum absolute atomic E-state index is 0.172. The fourth-order valence-corrected chi connectivity index (χ4v) is 3.46. The minimum Gasteiger partial charge on any atom is -0.474 e. The van der Waals surface area contributed by atoms with Crippen LogP contribution in [0.2, 0.25) is 0 Å². The maximum absolute atomic E-state index is 12.0. The first kappa shape index (κ1) is 13.4. The molecule has 1 N–H and O–H groups in total. The van der Waals surface area contributed by atoms with E-state index in [1.807, 2.05) is 0 Å². The van der Waals surface area contributed by atoms with Crippen LogP contribution < -0.4 is 0 Å². The van der Waals surface area contributed by atoms with Gasteiger partial charge in [-0.2, -0.15) is 0 Å². The Morgan fingerprint density at radius 3 is 1.50 bits per heavy atom. The highest BCUT2D eigenvalue weighted by Gasteiger charge is 2.35. The lowest BCUT2D eigenvalue weighted by Gasteiger charge is -2.40. The van der Waals surface area contributed by atoms with E-state index in [1.165, 1.54) is 12.8 Å². The van der Waals surface area contributed by atoms with Crippen molar-refractivity contribution < 1.29 is 14.7 Å². The summed E-state index contributed by atoms with van der Waals surface area (Å²) >= 11 is 0. The molecule has 18 heavy (non-hydrogen) atoms. The summed E-state index contributed by atoms with van der Waals surface area (Å²) in [5.41, 5.74) is 0. The molecule has 0 saturated heterocycles. The van der Waals surface area contributed by atoms with E-state index in [-0.39, 0.29) is 12.1 Å². The average Bonchev–Trinajstić information content (AvgIpc) is 2.41. The highest BCUT2D eigenvalue weighted by Crippen LogP contribution is 2.30. The number of nitrogens with zero attached hydrogens (tertiary/aromatic N) is 1. The van der Waals surface area contributed by atoms with Gasteiger partial charge in [-0.25, -0.2) is 4.79 Å². The van der Waals surface area contributed by atoms with E-state index in [4.69, 9.17) is 5.11 Å². The van der Waals surface area contributed by atoms with E-state index >= 15 is 0 Å². The van der Waals surface area contributed by atoms with Crippen molar-refractivity contribution in [3.63, 3.8) is 0 Å². The van der Waals surface area contributed by atoms with E-state index in [0.29, 0.717) is 0 Å². The average molecular weight is 253 g/mol. The van der Waals surface area contributed by atoms with Gasteiger partial charge in [0.05, 0.1) is 0 Å². The van der Waals surface area contributed by atoms with Gasteiger partial charge in [0, 0.05) is 12.1 Å². The number of carbonyl (C=O) groups excluding carboxylic acids is 1. The molecule has 4 heteroatoms. The molecule has 102 valence electrons. The zero-order valence-corrected chi connectivity index (χ0v) is 10.9. The number of carboxylic acids is 1. The Labute approximate surface area is 108 Å². The molecular formula is C14H23NO3. The fraction of sp³-hybridized carbons (Fsp3) is 0.857. The second-order valence-electron chi connectivity index (χ2n) is 5.60. The van der Waals surface area contributed by atoms with Crippen molar-refractivity contribution in [2.24, 2.45) is 0 Å².